The summed E-state index contributed by atoms with van der Waals surface area (Å²) in [5.41, 5.74) is 4.95. The number of aliphatic hydroxyl groups is 1. The highest BCUT2D eigenvalue weighted by Crippen LogP contribution is 2.63. The lowest BCUT2D eigenvalue weighted by molar-refractivity contribution is -0.0510. The van der Waals surface area contributed by atoms with Crippen LogP contribution in [0.2, 0.25) is 0 Å². The van der Waals surface area contributed by atoms with Gasteiger partial charge in [0.05, 0.1) is 11.9 Å². The zero-order chi connectivity index (χ0) is 26.5. The smallest absolute Gasteiger partial charge is 0.115 e. The van der Waals surface area contributed by atoms with E-state index >= 15 is 0 Å². The number of aryl methyl sites for hydroxylation is 1. The highest BCUT2D eigenvalue weighted by atomic mass is 16.5. The molecule has 3 heteroatoms. The van der Waals surface area contributed by atoms with Gasteiger partial charge in [-0.15, -0.1) is 0 Å². The molecular weight excluding hydrogens is 480 g/mol. The van der Waals surface area contributed by atoms with E-state index in [0.29, 0.717) is 29.6 Å². The number of hydrogen-bond donors (Lipinski definition) is 2. The van der Waals surface area contributed by atoms with Crippen molar-refractivity contribution < 1.29 is 14.9 Å². The largest absolute Gasteiger partial charge is 0.508 e. The molecule has 4 saturated carbocycles. The van der Waals surface area contributed by atoms with Crippen LogP contribution in [0, 0.1) is 46.3 Å². The fourth-order valence-electron chi connectivity index (χ4n) is 11.9. The van der Waals surface area contributed by atoms with Crippen molar-refractivity contribution >= 4 is 0 Å². The van der Waals surface area contributed by atoms with Gasteiger partial charge in [0.15, 0.2) is 0 Å². The molecule has 0 bridgehead atoms. The molecule has 0 aliphatic heterocycles. The Morgan fingerprint density at radius 3 is 2.51 bits per heavy atom. The summed E-state index contributed by atoms with van der Waals surface area (Å²) >= 11 is 0. The first-order chi connectivity index (χ1) is 18.8. The third kappa shape index (κ3) is 3.63. The van der Waals surface area contributed by atoms with E-state index in [4.69, 9.17) is 4.74 Å². The van der Waals surface area contributed by atoms with Crippen LogP contribution in [0.25, 0.3) is 0 Å². The fourth-order valence-corrected chi connectivity index (χ4v) is 11.9. The second-order valence-electron chi connectivity index (χ2n) is 15.3. The first-order valence-electron chi connectivity index (χ1n) is 16.4. The van der Waals surface area contributed by atoms with Crippen molar-refractivity contribution in [2.24, 2.45) is 46.3 Å². The van der Waals surface area contributed by atoms with Gasteiger partial charge in [0, 0.05) is 11.8 Å². The van der Waals surface area contributed by atoms with Gasteiger partial charge in [-0.25, -0.2) is 0 Å². The summed E-state index contributed by atoms with van der Waals surface area (Å²) in [5.74, 6) is 6.90. The minimum Gasteiger partial charge on any atom is -0.508 e. The summed E-state index contributed by atoms with van der Waals surface area (Å²) < 4.78 is 7.03. The quantitative estimate of drug-likeness (QED) is 0.408. The SMILES string of the molecule is C[C@]12CC[C@@H]3c4ccc(O)cc4CC[C@H]3[C@@H]1CC[C@@H]2OC1=CC2=CC[C@@H]3[C@H](CC[C@]4(C)[C@@H](O)CC[C@@H]34)[C@H]2CC1. The van der Waals surface area contributed by atoms with Gasteiger partial charge < -0.3 is 14.9 Å². The number of benzene rings is 1. The van der Waals surface area contributed by atoms with Crippen LogP contribution in [0.1, 0.15) is 108 Å². The summed E-state index contributed by atoms with van der Waals surface area (Å²) in [5, 5.41) is 20.8. The molecule has 3 nitrogen and oxygen atoms in total. The molecule has 1 aromatic carbocycles. The standard InChI is InChI=1S/C36H48O3/c1-35-17-15-27-26-10-6-24(20-22(26)4-8-29(27)31(35)11-13-33(35)38)39-34-14-12-32-30-7-3-21-19-23(37)5-9-25(21)28(30)16-18-36(32,34)2/h4-5,9,19-20,26-34,37-38H,3,6-8,10-18H2,1-2H3/t26-,27+,28+,29+,30+,31-,32-,33-,34-,35-,36-/m0/s1. The number of allylic oxidation sites excluding steroid dienone is 4. The topological polar surface area (TPSA) is 49.7 Å². The molecule has 210 valence electrons. The second kappa shape index (κ2) is 8.88. The van der Waals surface area contributed by atoms with Crippen LogP contribution in [0.15, 0.2) is 41.7 Å². The van der Waals surface area contributed by atoms with Crippen molar-refractivity contribution in [3.8, 4) is 5.75 Å². The number of phenols is 1. The molecule has 0 aromatic heterocycles. The van der Waals surface area contributed by atoms with E-state index in [1.165, 1.54) is 81.1 Å². The van der Waals surface area contributed by atoms with Gasteiger partial charge in [-0.2, -0.15) is 0 Å². The third-order valence-corrected chi connectivity index (χ3v) is 14.0. The number of ether oxygens (including phenoxy) is 1. The number of phenolic OH excluding ortho intramolecular Hbond substituents is 1. The Hall–Kier alpha value is -1.74. The molecule has 7 aliphatic rings. The van der Waals surface area contributed by atoms with Gasteiger partial charge >= 0.3 is 0 Å². The zero-order valence-electron chi connectivity index (χ0n) is 24.1. The summed E-state index contributed by atoms with van der Waals surface area (Å²) in [6.07, 6.45) is 21.1. The average molecular weight is 529 g/mol. The van der Waals surface area contributed by atoms with E-state index in [1.807, 2.05) is 12.1 Å². The van der Waals surface area contributed by atoms with E-state index in [1.54, 1.807) is 5.57 Å². The van der Waals surface area contributed by atoms with Gasteiger partial charge in [0.2, 0.25) is 0 Å². The summed E-state index contributed by atoms with van der Waals surface area (Å²) in [6, 6.07) is 6.15. The molecule has 0 amide bonds. The maximum absolute atomic E-state index is 10.7. The molecule has 2 N–H and O–H groups in total. The maximum Gasteiger partial charge on any atom is 0.115 e. The summed E-state index contributed by atoms with van der Waals surface area (Å²) in [7, 11) is 0. The van der Waals surface area contributed by atoms with Gasteiger partial charge in [-0.1, -0.05) is 26.0 Å². The number of aliphatic hydroxyl groups excluding tert-OH is 1. The van der Waals surface area contributed by atoms with Crippen molar-refractivity contribution in [2.45, 2.75) is 115 Å². The van der Waals surface area contributed by atoms with Crippen molar-refractivity contribution in [3.63, 3.8) is 0 Å². The molecule has 0 spiro atoms. The number of rotatable bonds is 2. The minimum absolute atomic E-state index is 0.0801. The second-order valence-corrected chi connectivity index (χ2v) is 15.3. The average Bonchev–Trinajstić information content (AvgIpc) is 3.43. The van der Waals surface area contributed by atoms with Crippen LogP contribution in [0.5, 0.6) is 5.75 Å². The van der Waals surface area contributed by atoms with E-state index in [9.17, 15) is 10.2 Å². The van der Waals surface area contributed by atoms with Crippen LogP contribution in [0.4, 0.5) is 0 Å². The van der Waals surface area contributed by atoms with Crippen LogP contribution in [-0.2, 0) is 11.2 Å². The first kappa shape index (κ1) is 25.0. The Kier molecular flexibility index (Phi) is 5.69. The van der Waals surface area contributed by atoms with Crippen molar-refractivity contribution in [1.82, 2.24) is 0 Å². The Morgan fingerprint density at radius 1 is 0.795 bits per heavy atom. The Balaban J connectivity index is 0.986. The first-order valence-corrected chi connectivity index (χ1v) is 16.4. The lowest BCUT2D eigenvalue weighted by atomic mass is 9.53. The van der Waals surface area contributed by atoms with Crippen LogP contribution < -0.4 is 0 Å². The monoisotopic (exact) mass is 528 g/mol. The normalized spacial score (nSPS) is 47.9. The molecule has 0 unspecified atom stereocenters. The molecule has 39 heavy (non-hydrogen) atoms. The van der Waals surface area contributed by atoms with Crippen LogP contribution in [0.3, 0.4) is 0 Å². The Bertz CT molecular complexity index is 1210. The molecule has 8 rings (SSSR count). The zero-order valence-corrected chi connectivity index (χ0v) is 24.1. The Morgan fingerprint density at radius 2 is 1.62 bits per heavy atom. The van der Waals surface area contributed by atoms with Crippen molar-refractivity contribution in [2.75, 3.05) is 0 Å². The number of aromatic hydroxyl groups is 1. The van der Waals surface area contributed by atoms with E-state index < -0.39 is 0 Å². The predicted octanol–water partition coefficient (Wildman–Crippen LogP) is 8.06. The number of hydrogen-bond acceptors (Lipinski definition) is 3. The molecule has 7 aliphatic carbocycles. The summed E-state index contributed by atoms with van der Waals surface area (Å²) in [6.45, 7) is 4.95. The highest BCUT2D eigenvalue weighted by Gasteiger charge is 2.57. The third-order valence-electron chi connectivity index (χ3n) is 14.0. The molecule has 0 heterocycles. The number of fused-ring (bicyclic) bond motifs is 10. The van der Waals surface area contributed by atoms with Gasteiger partial charge in [0.25, 0.3) is 0 Å². The molecule has 1 aromatic rings. The van der Waals surface area contributed by atoms with E-state index in [-0.39, 0.29) is 16.9 Å². The highest BCUT2D eigenvalue weighted by molar-refractivity contribution is 5.40. The van der Waals surface area contributed by atoms with Crippen LogP contribution >= 0.6 is 0 Å². The van der Waals surface area contributed by atoms with E-state index in [0.717, 1.165) is 42.9 Å². The van der Waals surface area contributed by atoms with Crippen molar-refractivity contribution in [1.29, 1.82) is 0 Å². The predicted molar refractivity (Wildman–Crippen MR) is 154 cm³/mol. The van der Waals surface area contributed by atoms with E-state index in [2.05, 4.69) is 32.1 Å². The van der Waals surface area contributed by atoms with Gasteiger partial charge in [0.1, 0.15) is 11.9 Å². The minimum atomic E-state index is -0.0801. The lowest BCUT2D eigenvalue weighted by Gasteiger charge is -2.52. The van der Waals surface area contributed by atoms with Gasteiger partial charge in [-0.05, 0) is 159 Å². The van der Waals surface area contributed by atoms with Crippen molar-refractivity contribution in [3.05, 3.63) is 52.8 Å². The molecular formula is C36H48O3. The summed E-state index contributed by atoms with van der Waals surface area (Å²) in [4.78, 5) is 0. The van der Waals surface area contributed by atoms with Crippen LogP contribution in [-0.4, -0.2) is 22.4 Å². The molecule has 0 saturated heterocycles. The molecule has 0 radical (unpaired) electrons. The fraction of sp³-hybridized carbons (Fsp3) is 0.722. The maximum atomic E-state index is 10.7. The molecule has 11 atom stereocenters. The Labute approximate surface area is 235 Å². The molecule has 4 fully saturated rings. The lowest BCUT2D eigenvalue weighted by Crippen LogP contribution is -2.46. The van der Waals surface area contributed by atoms with Gasteiger partial charge in [-0.3, -0.25) is 0 Å².